The average molecular weight is 379 g/mol. The summed E-state index contributed by atoms with van der Waals surface area (Å²) in [5.74, 6) is -0.888. The van der Waals surface area contributed by atoms with Crippen LogP contribution in [0.5, 0.6) is 0 Å². The zero-order chi connectivity index (χ0) is 18.6. The van der Waals surface area contributed by atoms with Crippen LogP contribution in [0.15, 0.2) is 36.9 Å². The van der Waals surface area contributed by atoms with E-state index in [-0.39, 0.29) is 29.9 Å². The van der Waals surface area contributed by atoms with Crippen LogP contribution < -0.4 is 5.32 Å². The summed E-state index contributed by atoms with van der Waals surface area (Å²) in [6.07, 6.45) is 7.93. The number of nitrogens with zero attached hydrogens (tertiary/aromatic N) is 2. The number of carbonyl (C=O) groups excluding carboxylic acids is 1. The molecule has 1 N–H and O–H groups in total. The molecule has 1 amide bonds. The predicted octanol–water partition coefficient (Wildman–Crippen LogP) is 2.38. The number of rotatable bonds is 7. The lowest BCUT2D eigenvalue weighted by Gasteiger charge is -2.11. The van der Waals surface area contributed by atoms with E-state index in [0.717, 1.165) is 12.8 Å². The quantitative estimate of drug-likeness (QED) is 0.801. The Morgan fingerprint density at radius 2 is 2.08 bits per heavy atom. The van der Waals surface area contributed by atoms with Crippen molar-refractivity contribution >= 4 is 15.7 Å². The van der Waals surface area contributed by atoms with E-state index in [1.807, 2.05) is 0 Å². The topological polar surface area (TPSA) is 81.1 Å². The molecule has 0 aliphatic heterocycles. The van der Waals surface area contributed by atoms with E-state index in [1.54, 1.807) is 29.1 Å². The smallest absolute Gasteiger partial charge is 0.221 e. The van der Waals surface area contributed by atoms with Crippen LogP contribution in [0.3, 0.4) is 0 Å². The summed E-state index contributed by atoms with van der Waals surface area (Å²) in [6.45, 7) is 0.156. The van der Waals surface area contributed by atoms with Crippen molar-refractivity contribution in [2.24, 2.45) is 0 Å². The van der Waals surface area contributed by atoms with Gasteiger partial charge in [0.05, 0.1) is 23.0 Å². The molecule has 0 unspecified atom stereocenters. The molecule has 1 aliphatic carbocycles. The minimum atomic E-state index is -3.20. The molecule has 1 heterocycles. The number of carbonyl (C=O) groups is 1. The molecule has 0 spiro atoms. The van der Waals surface area contributed by atoms with Crippen LogP contribution in [-0.2, 0) is 21.2 Å². The van der Waals surface area contributed by atoms with Crippen molar-refractivity contribution in [3.8, 4) is 5.69 Å². The normalized spacial score (nSPS) is 15.3. The fourth-order valence-electron chi connectivity index (χ4n) is 3.21. The van der Waals surface area contributed by atoms with Gasteiger partial charge >= 0.3 is 0 Å². The van der Waals surface area contributed by atoms with Gasteiger partial charge in [0.2, 0.25) is 5.91 Å². The number of hydrogen-bond acceptors (Lipinski definition) is 4. The fraction of sp³-hybridized carbons (Fsp3) is 0.444. The summed E-state index contributed by atoms with van der Waals surface area (Å²) in [7, 11) is -3.20. The minimum Gasteiger partial charge on any atom is -0.352 e. The third kappa shape index (κ3) is 4.49. The van der Waals surface area contributed by atoms with Crippen LogP contribution in [0.4, 0.5) is 4.39 Å². The molecule has 1 saturated carbocycles. The van der Waals surface area contributed by atoms with Gasteiger partial charge in [-0.2, -0.15) is 0 Å². The predicted molar refractivity (Wildman–Crippen MR) is 96.0 cm³/mol. The third-order valence-corrected chi connectivity index (χ3v) is 6.97. The maximum Gasteiger partial charge on any atom is 0.221 e. The van der Waals surface area contributed by atoms with E-state index in [9.17, 15) is 17.6 Å². The Balaban J connectivity index is 1.51. The standard InChI is InChI=1S/C18H22FN3O3S/c19-16-11-14(5-6-17(16)22-9-8-20-13-22)12-21-18(23)7-10-26(24,25)15-3-1-2-4-15/h5-6,8-9,11,13,15H,1-4,7,10,12H2,(H,21,23). The molecule has 0 atom stereocenters. The average Bonchev–Trinajstić information content (AvgIpc) is 3.31. The first-order chi connectivity index (χ1) is 12.5. The van der Waals surface area contributed by atoms with E-state index >= 15 is 0 Å². The zero-order valence-electron chi connectivity index (χ0n) is 14.4. The third-order valence-electron chi connectivity index (χ3n) is 4.71. The molecule has 0 radical (unpaired) electrons. The first-order valence-corrected chi connectivity index (χ1v) is 10.4. The van der Waals surface area contributed by atoms with Gasteiger partial charge in [-0.15, -0.1) is 0 Å². The fourth-order valence-corrected chi connectivity index (χ4v) is 5.06. The number of benzene rings is 1. The molecule has 140 valence electrons. The van der Waals surface area contributed by atoms with Gasteiger partial charge in [0, 0.05) is 25.4 Å². The molecule has 8 heteroatoms. The summed E-state index contributed by atoms with van der Waals surface area (Å²) in [5, 5.41) is 2.36. The molecule has 3 rings (SSSR count). The number of halogens is 1. The molecule has 1 fully saturated rings. The molecule has 1 aliphatic rings. The second-order valence-electron chi connectivity index (χ2n) is 6.56. The number of sulfone groups is 1. The van der Waals surface area contributed by atoms with Crippen LogP contribution >= 0.6 is 0 Å². The highest BCUT2D eigenvalue weighted by Crippen LogP contribution is 2.25. The molecule has 2 aromatic rings. The summed E-state index contributed by atoms with van der Waals surface area (Å²) >= 11 is 0. The van der Waals surface area contributed by atoms with Gasteiger partial charge in [0.1, 0.15) is 5.82 Å². The van der Waals surface area contributed by atoms with Crippen molar-refractivity contribution in [2.45, 2.75) is 43.9 Å². The van der Waals surface area contributed by atoms with Gasteiger partial charge in [-0.1, -0.05) is 18.9 Å². The van der Waals surface area contributed by atoms with Crippen molar-refractivity contribution in [3.63, 3.8) is 0 Å². The van der Waals surface area contributed by atoms with Gasteiger partial charge in [-0.05, 0) is 30.5 Å². The molecule has 6 nitrogen and oxygen atoms in total. The van der Waals surface area contributed by atoms with Gasteiger partial charge < -0.3 is 9.88 Å². The van der Waals surface area contributed by atoms with Crippen molar-refractivity contribution in [3.05, 3.63) is 48.3 Å². The Labute approximate surface area is 152 Å². The maximum atomic E-state index is 14.2. The van der Waals surface area contributed by atoms with E-state index in [0.29, 0.717) is 24.1 Å². The SMILES string of the molecule is O=C(CCS(=O)(=O)C1CCCC1)NCc1ccc(-n2ccnc2)c(F)c1. The highest BCUT2D eigenvalue weighted by molar-refractivity contribution is 7.92. The first kappa shape index (κ1) is 18.6. The molecule has 26 heavy (non-hydrogen) atoms. The largest absolute Gasteiger partial charge is 0.352 e. The van der Waals surface area contributed by atoms with E-state index in [4.69, 9.17) is 0 Å². The van der Waals surface area contributed by atoms with Gasteiger partial charge in [-0.25, -0.2) is 17.8 Å². The second kappa shape index (κ2) is 7.99. The van der Waals surface area contributed by atoms with Crippen molar-refractivity contribution in [2.75, 3.05) is 5.75 Å². The lowest BCUT2D eigenvalue weighted by atomic mass is 10.2. The number of aromatic nitrogens is 2. The highest BCUT2D eigenvalue weighted by Gasteiger charge is 2.28. The Bertz CT molecular complexity index is 860. The minimum absolute atomic E-state index is 0.0611. The molecule has 1 aromatic heterocycles. The lowest BCUT2D eigenvalue weighted by Crippen LogP contribution is -2.28. The first-order valence-electron chi connectivity index (χ1n) is 8.71. The molecule has 1 aromatic carbocycles. The lowest BCUT2D eigenvalue weighted by molar-refractivity contribution is -0.120. The summed E-state index contributed by atoms with van der Waals surface area (Å²) in [6, 6.07) is 4.68. The van der Waals surface area contributed by atoms with Crippen LogP contribution in [0, 0.1) is 5.82 Å². The molecule has 0 bridgehead atoms. The van der Waals surface area contributed by atoms with Gasteiger partial charge in [0.15, 0.2) is 9.84 Å². The van der Waals surface area contributed by atoms with Crippen molar-refractivity contribution in [1.29, 1.82) is 0 Å². The highest BCUT2D eigenvalue weighted by atomic mass is 32.2. The van der Waals surface area contributed by atoms with Crippen LogP contribution in [0.2, 0.25) is 0 Å². The number of nitrogens with one attached hydrogen (secondary N) is 1. The zero-order valence-corrected chi connectivity index (χ0v) is 15.2. The van der Waals surface area contributed by atoms with E-state index < -0.39 is 15.7 Å². The Morgan fingerprint density at radius 1 is 1.31 bits per heavy atom. The molecular weight excluding hydrogens is 357 g/mol. The number of imidazole rings is 1. The second-order valence-corrected chi connectivity index (χ2v) is 8.96. The molecular formula is C18H22FN3O3S. The summed E-state index contributed by atoms with van der Waals surface area (Å²) < 4.78 is 40.1. The summed E-state index contributed by atoms with van der Waals surface area (Å²) in [5.41, 5.74) is 0.985. The van der Waals surface area contributed by atoms with Gasteiger partial charge in [0.25, 0.3) is 0 Å². The van der Waals surface area contributed by atoms with Gasteiger partial charge in [-0.3, -0.25) is 4.79 Å². The Hall–Kier alpha value is -2.22. The molecule has 0 saturated heterocycles. The van der Waals surface area contributed by atoms with E-state index in [1.165, 1.54) is 12.4 Å². The van der Waals surface area contributed by atoms with Crippen molar-refractivity contribution in [1.82, 2.24) is 14.9 Å². The van der Waals surface area contributed by atoms with Crippen LogP contribution in [0.25, 0.3) is 5.69 Å². The summed E-state index contributed by atoms with van der Waals surface area (Å²) in [4.78, 5) is 15.8. The Morgan fingerprint density at radius 3 is 2.73 bits per heavy atom. The van der Waals surface area contributed by atoms with Crippen LogP contribution in [-0.4, -0.2) is 34.9 Å². The number of hydrogen-bond donors (Lipinski definition) is 1. The monoisotopic (exact) mass is 379 g/mol. The van der Waals surface area contributed by atoms with E-state index in [2.05, 4.69) is 10.3 Å². The Kier molecular flexibility index (Phi) is 5.70. The van der Waals surface area contributed by atoms with Crippen molar-refractivity contribution < 1.29 is 17.6 Å². The number of amides is 1. The van der Waals surface area contributed by atoms with Crippen LogP contribution in [0.1, 0.15) is 37.7 Å². The maximum absolute atomic E-state index is 14.2.